The molecular weight excluding hydrogens is 398 g/mol. The maximum Gasteiger partial charge on any atom is 0.270 e. The van der Waals surface area contributed by atoms with Crippen LogP contribution in [0.5, 0.6) is 0 Å². The molecule has 24 heavy (non-hydrogen) atoms. The van der Waals surface area contributed by atoms with E-state index in [0.29, 0.717) is 16.6 Å². The number of halogens is 2. The van der Waals surface area contributed by atoms with E-state index < -0.39 is 4.92 Å². The number of hydrogen-bond donors (Lipinski definition) is 1. The summed E-state index contributed by atoms with van der Waals surface area (Å²) in [5.41, 5.74) is 0.806. The lowest BCUT2D eigenvalue weighted by Crippen LogP contribution is -2.49. The van der Waals surface area contributed by atoms with E-state index in [1.807, 2.05) is 11.9 Å². The SMILES string of the molecule is CN(C(=O)Cc1ccc([N+](=O)[O-])cc1Br)C1CC2CCC(C1)N2.Cl. The summed E-state index contributed by atoms with van der Waals surface area (Å²) < 4.78 is 0.610. The van der Waals surface area contributed by atoms with E-state index in [1.54, 1.807) is 6.07 Å². The summed E-state index contributed by atoms with van der Waals surface area (Å²) in [6.07, 6.45) is 4.70. The predicted octanol–water partition coefficient (Wildman–Crippen LogP) is 3.06. The maximum absolute atomic E-state index is 12.6. The predicted molar refractivity (Wildman–Crippen MR) is 97.5 cm³/mol. The number of nitrogens with zero attached hydrogens (tertiary/aromatic N) is 2. The summed E-state index contributed by atoms with van der Waals surface area (Å²) in [4.78, 5) is 24.8. The number of amides is 1. The van der Waals surface area contributed by atoms with Gasteiger partial charge in [-0.15, -0.1) is 12.4 Å². The second-order valence-corrected chi connectivity index (χ2v) is 7.33. The van der Waals surface area contributed by atoms with Gasteiger partial charge in [-0.05, 0) is 31.2 Å². The first-order valence-corrected chi connectivity index (χ1v) is 8.68. The molecule has 2 fully saturated rings. The first kappa shape index (κ1) is 19.1. The van der Waals surface area contributed by atoms with Gasteiger partial charge in [0.1, 0.15) is 0 Å². The normalized spacial score (nSPS) is 25.0. The topological polar surface area (TPSA) is 75.5 Å². The van der Waals surface area contributed by atoms with Crippen molar-refractivity contribution in [2.45, 2.75) is 50.2 Å². The monoisotopic (exact) mass is 417 g/mol. The summed E-state index contributed by atoms with van der Waals surface area (Å²) in [5.74, 6) is 0.0610. The Bertz CT molecular complexity index is 631. The van der Waals surface area contributed by atoms with E-state index in [4.69, 9.17) is 0 Å². The average Bonchev–Trinajstić information content (AvgIpc) is 2.86. The van der Waals surface area contributed by atoms with Crippen molar-refractivity contribution < 1.29 is 9.72 Å². The Hall–Kier alpha value is -1.18. The van der Waals surface area contributed by atoms with Crippen LogP contribution in [0.25, 0.3) is 0 Å². The molecule has 0 aromatic heterocycles. The fraction of sp³-hybridized carbons (Fsp3) is 0.562. The molecule has 2 aliphatic heterocycles. The molecule has 0 radical (unpaired) electrons. The van der Waals surface area contributed by atoms with Gasteiger partial charge in [0.25, 0.3) is 5.69 Å². The van der Waals surface area contributed by atoms with Crippen LogP contribution in [0, 0.1) is 10.1 Å². The molecular formula is C16H21BrClN3O3. The van der Waals surface area contributed by atoms with Crippen molar-refractivity contribution in [3.05, 3.63) is 38.3 Å². The molecule has 1 aromatic carbocycles. The van der Waals surface area contributed by atoms with Crippen molar-refractivity contribution in [3.63, 3.8) is 0 Å². The van der Waals surface area contributed by atoms with Gasteiger partial charge in [-0.3, -0.25) is 14.9 Å². The van der Waals surface area contributed by atoms with Crippen molar-refractivity contribution in [2.24, 2.45) is 0 Å². The quantitative estimate of drug-likeness (QED) is 0.602. The molecule has 132 valence electrons. The number of rotatable bonds is 4. The highest BCUT2D eigenvalue weighted by Gasteiger charge is 2.36. The smallest absolute Gasteiger partial charge is 0.270 e. The highest BCUT2D eigenvalue weighted by Crippen LogP contribution is 2.30. The third-order valence-electron chi connectivity index (χ3n) is 4.98. The number of nitrogens with one attached hydrogen (secondary N) is 1. The van der Waals surface area contributed by atoms with Gasteiger partial charge < -0.3 is 10.2 Å². The van der Waals surface area contributed by atoms with Gasteiger partial charge in [0.15, 0.2) is 0 Å². The van der Waals surface area contributed by atoms with Crippen molar-refractivity contribution in [1.29, 1.82) is 0 Å². The Kier molecular flexibility index (Phi) is 6.22. The molecule has 0 aliphatic carbocycles. The van der Waals surface area contributed by atoms with Crippen LogP contribution in [0.3, 0.4) is 0 Å². The molecule has 6 nitrogen and oxygen atoms in total. The van der Waals surface area contributed by atoms with Gasteiger partial charge in [0, 0.05) is 41.8 Å². The Morgan fingerprint density at radius 2 is 2.00 bits per heavy atom. The lowest BCUT2D eigenvalue weighted by Gasteiger charge is -2.35. The van der Waals surface area contributed by atoms with E-state index in [1.165, 1.54) is 25.0 Å². The summed E-state index contributed by atoms with van der Waals surface area (Å²) >= 11 is 3.33. The second-order valence-electron chi connectivity index (χ2n) is 6.48. The van der Waals surface area contributed by atoms with Crippen molar-refractivity contribution >= 4 is 39.9 Å². The van der Waals surface area contributed by atoms with Gasteiger partial charge in [-0.25, -0.2) is 0 Å². The number of benzene rings is 1. The third kappa shape index (κ3) is 4.07. The Balaban J connectivity index is 0.00000208. The van der Waals surface area contributed by atoms with Gasteiger partial charge in [0.05, 0.1) is 11.3 Å². The highest BCUT2D eigenvalue weighted by atomic mass is 79.9. The fourth-order valence-corrected chi connectivity index (χ4v) is 4.13. The van der Waals surface area contributed by atoms with E-state index in [0.717, 1.165) is 18.4 Å². The Labute approximate surface area is 155 Å². The lowest BCUT2D eigenvalue weighted by atomic mass is 9.98. The molecule has 2 heterocycles. The molecule has 2 saturated heterocycles. The summed E-state index contributed by atoms with van der Waals surface area (Å²) in [5, 5.41) is 14.4. The third-order valence-corrected chi connectivity index (χ3v) is 5.72. The van der Waals surface area contributed by atoms with Gasteiger partial charge in [-0.2, -0.15) is 0 Å². The molecule has 1 N–H and O–H groups in total. The van der Waals surface area contributed by atoms with Gasteiger partial charge in [-0.1, -0.05) is 22.0 Å². The van der Waals surface area contributed by atoms with Gasteiger partial charge in [0.2, 0.25) is 5.91 Å². The van der Waals surface area contributed by atoms with Gasteiger partial charge >= 0.3 is 0 Å². The van der Waals surface area contributed by atoms with Crippen LogP contribution in [-0.2, 0) is 11.2 Å². The number of piperidine rings is 1. The van der Waals surface area contributed by atoms with Crippen LogP contribution in [0.15, 0.2) is 22.7 Å². The Morgan fingerprint density at radius 3 is 2.54 bits per heavy atom. The average molecular weight is 419 g/mol. The lowest BCUT2D eigenvalue weighted by molar-refractivity contribution is -0.384. The van der Waals surface area contributed by atoms with Crippen LogP contribution >= 0.6 is 28.3 Å². The minimum atomic E-state index is -0.437. The van der Waals surface area contributed by atoms with Crippen LogP contribution in [0.2, 0.25) is 0 Å². The van der Waals surface area contributed by atoms with Crippen molar-refractivity contribution in [2.75, 3.05) is 7.05 Å². The molecule has 2 aliphatic rings. The minimum Gasteiger partial charge on any atom is -0.342 e. The van der Waals surface area contributed by atoms with E-state index >= 15 is 0 Å². The number of carbonyl (C=O) groups excluding carboxylic acids is 1. The largest absolute Gasteiger partial charge is 0.342 e. The highest BCUT2D eigenvalue weighted by molar-refractivity contribution is 9.10. The fourth-order valence-electron chi connectivity index (χ4n) is 3.63. The number of carbonyl (C=O) groups is 1. The number of likely N-dealkylation sites (N-methyl/N-ethyl adjacent to an activating group) is 1. The standard InChI is InChI=1S/C16H20BrN3O3.ClH/c1-19(14-7-11-3-4-12(8-14)18-11)16(21)6-10-2-5-13(20(22)23)9-15(10)17;/h2,5,9,11-12,14,18H,3-4,6-8H2,1H3;1H. The van der Waals surface area contributed by atoms with E-state index in [2.05, 4.69) is 21.2 Å². The van der Waals surface area contributed by atoms with Crippen LogP contribution in [-0.4, -0.2) is 40.9 Å². The second kappa shape index (κ2) is 7.80. The number of fused-ring (bicyclic) bond motifs is 2. The molecule has 8 heteroatoms. The maximum atomic E-state index is 12.6. The number of non-ortho nitro benzene ring substituents is 1. The molecule has 2 unspecified atom stereocenters. The van der Waals surface area contributed by atoms with E-state index in [9.17, 15) is 14.9 Å². The molecule has 1 amide bonds. The first-order valence-electron chi connectivity index (χ1n) is 7.88. The Morgan fingerprint density at radius 1 is 1.38 bits per heavy atom. The molecule has 3 rings (SSSR count). The molecule has 2 bridgehead atoms. The number of nitro benzene ring substituents is 1. The zero-order valence-electron chi connectivity index (χ0n) is 13.4. The number of nitro groups is 1. The van der Waals surface area contributed by atoms with Crippen LogP contribution in [0.4, 0.5) is 5.69 Å². The molecule has 1 aromatic rings. The van der Waals surface area contributed by atoms with Crippen LogP contribution in [0.1, 0.15) is 31.2 Å². The number of hydrogen-bond acceptors (Lipinski definition) is 4. The van der Waals surface area contributed by atoms with Crippen LogP contribution < -0.4 is 5.32 Å². The molecule has 2 atom stereocenters. The molecule has 0 saturated carbocycles. The summed E-state index contributed by atoms with van der Waals surface area (Å²) in [6, 6.07) is 5.92. The summed E-state index contributed by atoms with van der Waals surface area (Å²) in [7, 11) is 1.87. The van der Waals surface area contributed by atoms with Crippen molar-refractivity contribution in [1.82, 2.24) is 10.2 Å². The minimum absolute atomic E-state index is 0. The zero-order chi connectivity index (χ0) is 16.6. The van der Waals surface area contributed by atoms with Crippen molar-refractivity contribution in [3.8, 4) is 0 Å². The summed E-state index contributed by atoms with van der Waals surface area (Å²) in [6.45, 7) is 0. The zero-order valence-corrected chi connectivity index (χ0v) is 15.8. The first-order chi connectivity index (χ1) is 10.9. The van der Waals surface area contributed by atoms with E-state index in [-0.39, 0.29) is 36.5 Å². The molecule has 0 spiro atoms.